The summed E-state index contributed by atoms with van der Waals surface area (Å²) in [7, 11) is 0. The molecule has 0 heterocycles. The van der Waals surface area contributed by atoms with Crippen molar-refractivity contribution in [1.82, 2.24) is 5.32 Å². The Morgan fingerprint density at radius 1 is 1.42 bits per heavy atom. The monoisotopic (exact) mass is 281 g/mol. The highest BCUT2D eigenvalue weighted by Crippen LogP contribution is 2.44. The molecule has 1 saturated carbocycles. The average Bonchev–Trinajstić information content (AvgIpc) is 2.30. The Bertz CT molecular complexity index is 440. The Morgan fingerprint density at radius 2 is 2.05 bits per heavy atom. The number of rotatable bonds is 5. The first-order chi connectivity index (χ1) is 9.08. The Balaban J connectivity index is 2.13. The standard InChI is InChI=1S/C15H20ClNO2/c1-11(7-10-18)17-14(19)15(8-2-9-15)12-3-5-13(16)6-4-12/h3-6,11,18H,2,7-10H2,1H3,(H,17,19). The SMILES string of the molecule is CC(CCO)NC(=O)C1(c2ccc(Cl)cc2)CCC1. The zero-order chi connectivity index (χ0) is 13.9. The number of amides is 1. The van der Waals surface area contributed by atoms with Gasteiger partial charge in [-0.15, -0.1) is 0 Å². The van der Waals surface area contributed by atoms with Gasteiger partial charge in [-0.3, -0.25) is 4.79 Å². The lowest BCUT2D eigenvalue weighted by atomic mass is 9.63. The number of aliphatic hydroxyl groups excluding tert-OH is 1. The van der Waals surface area contributed by atoms with Crippen LogP contribution >= 0.6 is 11.6 Å². The number of nitrogens with one attached hydrogen (secondary N) is 1. The smallest absolute Gasteiger partial charge is 0.230 e. The maximum absolute atomic E-state index is 12.5. The number of hydrogen-bond donors (Lipinski definition) is 2. The van der Waals surface area contributed by atoms with Crippen molar-refractivity contribution in [3.63, 3.8) is 0 Å². The number of carbonyl (C=O) groups excluding carboxylic acids is 1. The van der Waals surface area contributed by atoms with Crippen molar-refractivity contribution in [2.75, 3.05) is 6.61 Å². The van der Waals surface area contributed by atoms with Gasteiger partial charge in [0.05, 0.1) is 5.41 Å². The van der Waals surface area contributed by atoms with Crippen molar-refractivity contribution in [3.05, 3.63) is 34.9 Å². The lowest BCUT2D eigenvalue weighted by Gasteiger charge is -2.41. The Kier molecular flexibility index (Phi) is 4.48. The fourth-order valence-electron chi connectivity index (χ4n) is 2.57. The van der Waals surface area contributed by atoms with Crippen LogP contribution in [0, 0.1) is 0 Å². The zero-order valence-electron chi connectivity index (χ0n) is 11.2. The van der Waals surface area contributed by atoms with Gasteiger partial charge in [0, 0.05) is 17.7 Å². The third-order valence-electron chi connectivity index (χ3n) is 3.98. The number of carbonyl (C=O) groups is 1. The molecule has 1 aliphatic carbocycles. The van der Waals surface area contributed by atoms with Crippen LogP contribution in [-0.4, -0.2) is 23.7 Å². The first kappa shape index (κ1) is 14.4. The van der Waals surface area contributed by atoms with E-state index in [0.717, 1.165) is 24.8 Å². The van der Waals surface area contributed by atoms with Gasteiger partial charge in [0.1, 0.15) is 0 Å². The molecule has 3 nitrogen and oxygen atoms in total. The first-order valence-corrected chi connectivity index (χ1v) is 7.14. The van der Waals surface area contributed by atoms with E-state index in [2.05, 4.69) is 5.32 Å². The van der Waals surface area contributed by atoms with Gasteiger partial charge in [-0.1, -0.05) is 30.2 Å². The van der Waals surface area contributed by atoms with Crippen molar-refractivity contribution in [1.29, 1.82) is 0 Å². The second-order valence-electron chi connectivity index (χ2n) is 5.33. The Morgan fingerprint density at radius 3 is 2.53 bits per heavy atom. The van der Waals surface area contributed by atoms with Crippen molar-refractivity contribution >= 4 is 17.5 Å². The van der Waals surface area contributed by atoms with Gasteiger partial charge in [0.25, 0.3) is 0 Å². The molecule has 1 atom stereocenters. The molecule has 4 heteroatoms. The lowest BCUT2D eigenvalue weighted by Crippen LogP contribution is -2.51. The average molecular weight is 282 g/mol. The largest absolute Gasteiger partial charge is 0.396 e. The molecule has 1 unspecified atom stereocenters. The van der Waals surface area contributed by atoms with E-state index in [4.69, 9.17) is 16.7 Å². The van der Waals surface area contributed by atoms with Crippen LogP contribution < -0.4 is 5.32 Å². The van der Waals surface area contributed by atoms with Crippen molar-refractivity contribution in [2.24, 2.45) is 0 Å². The van der Waals surface area contributed by atoms with Crippen molar-refractivity contribution in [2.45, 2.75) is 44.1 Å². The highest BCUT2D eigenvalue weighted by Gasteiger charge is 2.45. The number of benzene rings is 1. The van der Waals surface area contributed by atoms with Crippen molar-refractivity contribution < 1.29 is 9.90 Å². The molecule has 104 valence electrons. The predicted molar refractivity (Wildman–Crippen MR) is 76.3 cm³/mol. The lowest BCUT2D eigenvalue weighted by molar-refractivity contribution is -0.130. The summed E-state index contributed by atoms with van der Waals surface area (Å²) in [5.74, 6) is 0.0713. The minimum Gasteiger partial charge on any atom is -0.396 e. The quantitative estimate of drug-likeness (QED) is 0.872. The van der Waals surface area contributed by atoms with Crippen LogP contribution in [0.15, 0.2) is 24.3 Å². The summed E-state index contributed by atoms with van der Waals surface area (Å²) in [6, 6.07) is 7.56. The van der Waals surface area contributed by atoms with Gasteiger partial charge < -0.3 is 10.4 Å². The summed E-state index contributed by atoms with van der Waals surface area (Å²) in [5, 5.41) is 12.6. The molecule has 1 aromatic carbocycles. The summed E-state index contributed by atoms with van der Waals surface area (Å²) in [6.07, 6.45) is 3.42. The highest BCUT2D eigenvalue weighted by molar-refractivity contribution is 6.30. The molecule has 0 aliphatic heterocycles. The zero-order valence-corrected chi connectivity index (χ0v) is 11.9. The van der Waals surface area contributed by atoms with Gasteiger partial charge in [-0.25, -0.2) is 0 Å². The van der Waals surface area contributed by atoms with E-state index < -0.39 is 5.41 Å². The molecule has 1 aliphatic rings. The second-order valence-corrected chi connectivity index (χ2v) is 5.77. The summed E-state index contributed by atoms with van der Waals surface area (Å²) < 4.78 is 0. The molecule has 0 spiro atoms. The summed E-state index contributed by atoms with van der Waals surface area (Å²) in [6.45, 7) is 2.01. The number of hydrogen-bond acceptors (Lipinski definition) is 2. The van der Waals surface area contributed by atoms with Crippen LogP contribution in [0.2, 0.25) is 5.02 Å². The van der Waals surface area contributed by atoms with Gasteiger partial charge in [0.2, 0.25) is 5.91 Å². The van der Waals surface area contributed by atoms with E-state index in [1.54, 1.807) is 0 Å². The second kappa shape index (κ2) is 5.93. The van der Waals surface area contributed by atoms with Gasteiger partial charge in [0.15, 0.2) is 0 Å². The van der Waals surface area contributed by atoms with E-state index in [-0.39, 0.29) is 18.6 Å². The molecule has 1 amide bonds. The molecule has 2 rings (SSSR count). The van der Waals surface area contributed by atoms with Crippen LogP contribution in [0.25, 0.3) is 0 Å². The maximum atomic E-state index is 12.5. The molecular weight excluding hydrogens is 262 g/mol. The molecule has 19 heavy (non-hydrogen) atoms. The maximum Gasteiger partial charge on any atom is 0.230 e. The van der Waals surface area contributed by atoms with Crippen LogP contribution in [0.3, 0.4) is 0 Å². The fourth-order valence-corrected chi connectivity index (χ4v) is 2.70. The third-order valence-corrected chi connectivity index (χ3v) is 4.23. The molecule has 0 saturated heterocycles. The topological polar surface area (TPSA) is 49.3 Å². The van der Waals surface area contributed by atoms with Crippen molar-refractivity contribution in [3.8, 4) is 0 Å². The predicted octanol–water partition coefficient (Wildman–Crippen LogP) is 2.65. The van der Waals surface area contributed by atoms with Crippen LogP contribution in [0.4, 0.5) is 0 Å². The minimum atomic E-state index is -0.395. The normalized spacial score (nSPS) is 18.5. The van der Waals surface area contributed by atoms with E-state index in [9.17, 15) is 4.79 Å². The highest BCUT2D eigenvalue weighted by atomic mass is 35.5. The summed E-state index contributed by atoms with van der Waals surface area (Å²) >= 11 is 5.90. The number of aliphatic hydroxyl groups is 1. The first-order valence-electron chi connectivity index (χ1n) is 6.76. The van der Waals surface area contributed by atoms with E-state index in [1.807, 2.05) is 31.2 Å². The minimum absolute atomic E-state index is 0.00211. The molecule has 0 aromatic heterocycles. The fraction of sp³-hybridized carbons (Fsp3) is 0.533. The number of halogens is 1. The van der Waals surface area contributed by atoms with E-state index in [1.165, 1.54) is 0 Å². The van der Waals surface area contributed by atoms with E-state index >= 15 is 0 Å². The molecule has 0 radical (unpaired) electrons. The molecule has 0 bridgehead atoms. The molecular formula is C15H20ClNO2. The Hall–Kier alpha value is -1.06. The summed E-state index contributed by atoms with van der Waals surface area (Å²) in [5.41, 5.74) is 0.644. The molecule has 2 N–H and O–H groups in total. The molecule has 1 aromatic rings. The van der Waals surface area contributed by atoms with Gasteiger partial charge in [-0.05, 0) is 43.9 Å². The van der Waals surface area contributed by atoms with Gasteiger partial charge in [-0.2, -0.15) is 0 Å². The van der Waals surface area contributed by atoms with Crippen LogP contribution in [0.5, 0.6) is 0 Å². The van der Waals surface area contributed by atoms with Gasteiger partial charge >= 0.3 is 0 Å². The molecule has 1 fully saturated rings. The third kappa shape index (κ3) is 2.93. The van der Waals surface area contributed by atoms with Crippen LogP contribution in [0.1, 0.15) is 38.2 Å². The summed E-state index contributed by atoms with van der Waals surface area (Å²) in [4.78, 5) is 12.5. The Labute approximate surface area is 119 Å². The van der Waals surface area contributed by atoms with Crippen LogP contribution in [-0.2, 0) is 10.2 Å². The van der Waals surface area contributed by atoms with E-state index in [0.29, 0.717) is 11.4 Å².